The average Bonchev–Trinajstić information content (AvgIpc) is 2.78. The van der Waals surface area contributed by atoms with Crippen LogP contribution in [0.15, 0.2) is 35.5 Å². The molecule has 2 saturated carbocycles. The van der Waals surface area contributed by atoms with E-state index in [-0.39, 0.29) is 28.6 Å². The fourth-order valence-corrected chi connectivity index (χ4v) is 3.56. The maximum Gasteiger partial charge on any atom is 0.255 e. The van der Waals surface area contributed by atoms with Crippen molar-refractivity contribution in [3.8, 4) is 0 Å². The zero-order valence-electron chi connectivity index (χ0n) is 12.4. The summed E-state index contributed by atoms with van der Waals surface area (Å²) >= 11 is 0. The Hall–Kier alpha value is -1.97. The molecule has 0 bridgehead atoms. The lowest BCUT2D eigenvalue weighted by atomic mass is 9.95. The van der Waals surface area contributed by atoms with Crippen molar-refractivity contribution in [1.82, 2.24) is 5.32 Å². The van der Waals surface area contributed by atoms with Gasteiger partial charge in [0.1, 0.15) is 5.82 Å². The highest BCUT2D eigenvalue weighted by Crippen LogP contribution is 2.68. The van der Waals surface area contributed by atoms with Gasteiger partial charge in [0.25, 0.3) is 5.91 Å². The second-order valence-electron chi connectivity index (χ2n) is 6.54. The number of rotatable bonds is 2. The molecule has 1 amide bonds. The van der Waals surface area contributed by atoms with Gasteiger partial charge in [0.05, 0.1) is 0 Å². The molecule has 1 aromatic carbocycles. The van der Waals surface area contributed by atoms with Crippen LogP contribution in [0.3, 0.4) is 0 Å². The second-order valence-corrected chi connectivity index (χ2v) is 6.54. The summed E-state index contributed by atoms with van der Waals surface area (Å²) in [6.45, 7) is 6.05. The molecular formula is C17H18FNO2. The van der Waals surface area contributed by atoms with Gasteiger partial charge in [-0.3, -0.25) is 9.59 Å². The van der Waals surface area contributed by atoms with Gasteiger partial charge < -0.3 is 5.32 Å². The van der Waals surface area contributed by atoms with Gasteiger partial charge in [-0.05, 0) is 42.4 Å². The zero-order valence-corrected chi connectivity index (χ0v) is 12.4. The molecule has 2 atom stereocenters. The predicted molar refractivity (Wildman–Crippen MR) is 77.0 cm³/mol. The van der Waals surface area contributed by atoms with Crippen LogP contribution in [-0.2, 0) is 4.79 Å². The summed E-state index contributed by atoms with van der Waals surface area (Å²) in [5.41, 5.74) is 1.75. The molecule has 0 aromatic heterocycles. The van der Waals surface area contributed by atoms with Crippen LogP contribution in [0, 0.1) is 23.1 Å². The number of carbonyl (C=O) groups excluding carboxylic acids is 2. The maximum absolute atomic E-state index is 13.2. The van der Waals surface area contributed by atoms with Crippen LogP contribution < -0.4 is 5.32 Å². The lowest BCUT2D eigenvalue weighted by Crippen LogP contribution is -2.24. The highest BCUT2D eigenvalue weighted by atomic mass is 19.1. The molecule has 2 fully saturated rings. The Morgan fingerprint density at radius 2 is 2.10 bits per heavy atom. The number of Topliss-reactive ketones (excluding diaryl/α,β-unsaturated/α-hetero) is 1. The summed E-state index contributed by atoms with van der Waals surface area (Å²) in [5.74, 6) is -0.0531. The molecule has 0 saturated heterocycles. The topological polar surface area (TPSA) is 46.2 Å². The fraction of sp³-hybridized carbons (Fsp3) is 0.412. The van der Waals surface area contributed by atoms with E-state index in [0.717, 1.165) is 5.57 Å². The van der Waals surface area contributed by atoms with E-state index < -0.39 is 5.82 Å². The van der Waals surface area contributed by atoms with Gasteiger partial charge in [-0.25, -0.2) is 4.39 Å². The number of ketones is 1. The van der Waals surface area contributed by atoms with Gasteiger partial charge in [0.2, 0.25) is 0 Å². The normalized spacial score (nSPS) is 28.1. The van der Waals surface area contributed by atoms with Gasteiger partial charge in [0.15, 0.2) is 5.78 Å². The smallest absolute Gasteiger partial charge is 0.255 e. The number of carbonyl (C=O) groups is 2. The highest BCUT2D eigenvalue weighted by molar-refractivity contribution is 6.03. The zero-order chi connectivity index (χ0) is 15.4. The monoisotopic (exact) mass is 287 g/mol. The summed E-state index contributed by atoms with van der Waals surface area (Å²) in [7, 11) is 0. The van der Waals surface area contributed by atoms with E-state index >= 15 is 0 Å². The largest absolute Gasteiger partial charge is 0.326 e. The number of fused-ring (bicyclic) bond motifs is 1. The van der Waals surface area contributed by atoms with Gasteiger partial charge in [-0.1, -0.05) is 19.9 Å². The van der Waals surface area contributed by atoms with Gasteiger partial charge in [-0.2, -0.15) is 0 Å². The van der Waals surface area contributed by atoms with Crippen LogP contribution in [0.5, 0.6) is 0 Å². The van der Waals surface area contributed by atoms with Crippen molar-refractivity contribution in [2.45, 2.75) is 27.2 Å². The van der Waals surface area contributed by atoms with E-state index in [9.17, 15) is 14.0 Å². The van der Waals surface area contributed by atoms with E-state index in [1.165, 1.54) is 18.2 Å². The van der Waals surface area contributed by atoms with E-state index in [1.807, 2.05) is 0 Å². The standard InChI is InChI=1S/C17H18FNO2/c1-9(14-13(20)8-12-15(14)17(12,2)3)19-16(21)10-5-4-6-11(18)7-10/h4-7,12,15H,8H2,1-3H3,(H,19,21)/b14-9+/t12-,15-/m1/s1. The lowest BCUT2D eigenvalue weighted by molar-refractivity contribution is -0.115. The van der Waals surface area contributed by atoms with Gasteiger partial charge in [-0.15, -0.1) is 0 Å². The molecule has 3 nitrogen and oxygen atoms in total. The third-order valence-corrected chi connectivity index (χ3v) is 4.86. The Balaban J connectivity index is 1.83. The van der Waals surface area contributed by atoms with E-state index in [4.69, 9.17) is 0 Å². The van der Waals surface area contributed by atoms with Crippen molar-refractivity contribution < 1.29 is 14.0 Å². The molecule has 0 radical (unpaired) electrons. The molecule has 2 aliphatic rings. The molecule has 0 aliphatic heterocycles. The fourth-order valence-electron chi connectivity index (χ4n) is 3.56. The second kappa shape index (κ2) is 4.52. The molecule has 0 spiro atoms. The molecule has 0 unspecified atom stereocenters. The number of hydrogen-bond donors (Lipinski definition) is 1. The maximum atomic E-state index is 13.2. The highest BCUT2D eigenvalue weighted by Gasteiger charge is 2.65. The number of amides is 1. The first-order valence-electron chi connectivity index (χ1n) is 7.13. The molecule has 21 heavy (non-hydrogen) atoms. The SMILES string of the molecule is C/C(NC(=O)c1cccc(F)c1)=C1/C(=O)C[C@@H]2[C@H]1C2(C)C. The van der Waals surface area contributed by atoms with Crippen LogP contribution in [0.2, 0.25) is 0 Å². The molecule has 110 valence electrons. The quantitative estimate of drug-likeness (QED) is 0.850. The van der Waals surface area contributed by atoms with Crippen molar-refractivity contribution >= 4 is 11.7 Å². The lowest BCUT2D eigenvalue weighted by Gasteiger charge is -2.13. The molecular weight excluding hydrogens is 269 g/mol. The summed E-state index contributed by atoms with van der Waals surface area (Å²) < 4.78 is 13.2. The Kier molecular flexibility index (Phi) is 3.01. The van der Waals surface area contributed by atoms with Crippen LogP contribution >= 0.6 is 0 Å². The molecule has 2 aliphatic carbocycles. The number of hydrogen-bond acceptors (Lipinski definition) is 2. The molecule has 1 N–H and O–H groups in total. The van der Waals surface area contributed by atoms with Crippen molar-refractivity contribution in [2.24, 2.45) is 17.3 Å². The average molecular weight is 287 g/mol. The molecule has 1 aromatic rings. The number of allylic oxidation sites excluding steroid dienone is 2. The third-order valence-electron chi connectivity index (χ3n) is 4.86. The van der Waals surface area contributed by atoms with Crippen molar-refractivity contribution in [1.29, 1.82) is 0 Å². The predicted octanol–water partition coefficient (Wildman–Crippen LogP) is 3.07. The van der Waals surface area contributed by atoms with Crippen molar-refractivity contribution in [3.05, 3.63) is 46.9 Å². The van der Waals surface area contributed by atoms with Crippen molar-refractivity contribution in [3.63, 3.8) is 0 Å². The first-order valence-corrected chi connectivity index (χ1v) is 7.13. The Morgan fingerprint density at radius 1 is 1.38 bits per heavy atom. The van der Waals surface area contributed by atoms with Crippen LogP contribution in [0.4, 0.5) is 4.39 Å². The van der Waals surface area contributed by atoms with E-state index in [2.05, 4.69) is 19.2 Å². The van der Waals surface area contributed by atoms with Gasteiger partial charge >= 0.3 is 0 Å². The number of nitrogens with one attached hydrogen (secondary N) is 1. The molecule has 0 heterocycles. The van der Waals surface area contributed by atoms with Crippen LogP contribution in [0.25, 0.3) is 0 Å². The number of halogens is 1. The third kappa shape index (κ3) is 2.19. The Morgan fingerprint density at radius 3 is 2.71 bits per heavy atom. The Labute approximate surface area is 123 Å². The number of benzene rings is 1. The van der Waals surface area contributed by atoms with Gasteiger partial charge in [0, 0.05) is 23.3 Å². The minimum absolute atomic E-state index is 0.126. The molecule has 3 rings (SSSR count). The minimum Gasteiger partial charge on any atom is -0.326 e. The summed E-state index contributed by atoms with van der Waals surface area (Å²) in [5, 5.41) is 2.74. The van der Waals surface area contributed by atoms with Crippen LogP contribution in [-0.4, -0.2) is 11.7 Å². The first-order chi connectivity index (χ1) is 9.82. The van der Waals surface area contributed by atoms with Crippen molar-refractivity contribution in [2.75, 3.05) is 0 Å². The summed E-state index contributed by atoms with van der Waals surface area (Å²) in [4.78, 5) is 24.2. The van der Waals surface area contributed by atoms with Crippen LogP contribution in [0.1, 0.15) is 37.6 Å². The minimum atomic E-state index is -0.451. The molecule has 4 heteroatoms. The summed E-state index contributed by atoms with van der Waals surface area (Å²) in [6.07, 6.45) is 0.570. The summed E-state index contributed by atoms with van der Waals surface area (Å²) in [6, 6.07) is 5.53. The van der Waals surface area contributed by atoms with E-state index in [1.54, 1.807) is 13.0 Å². The Bertz CT molecular complexity index is 675. The van der Waals surface area contributed by atoms with E-state index in [0.29, 0.717) is 18.0 Å². The first kappa shape index (κ1) is 14.0.